The van der Waals surface area contributed by atoms with Crippen molar-refractivity contribution in [3.63, 3.8) is 0 Å². The molecule has 3 nitrogen and oxygen atoms in total. The minimum absolute atomic E-state index is 0.412. The number of thiazole rings is 1. The zero-order chi connectivity index (χ0) is 12.8. The molecule has 0 bridgehead atoms. The van der Waals surface area contributed by atoms with Gasteiger partial charge < -0.3 is 5.73 Å². The maximum Gasteiger partial charge on any atom is 0.0795 e. The molecular weight excluding hydrogens is 262 g/mol. The number of aromatic nitrogens is 1. The minimum atomic E-state index is 0.412. The highest BCUT2D eigenvalue weighted by Gasteiger charge is 2.05. The zero-order valence-corrected chi connectivity index (χ0v) is 11.9. The van der Waals surface area contributed by atoms with E-state index in [1.165, 1.54) is 4.88 Å². The molecule has 0 fully saturated rings. The molecule has 0 aliphatic rings. The van der Waals surface area contributed by atoms with Crippen molar-refractivity contribution in [1.82, 2.24) is 9.88 Å². The van der Waals surface area contributed by atoms with Crippen LogP contribution in [0.15, 0.2) is 22.3 Å². The second kappa shape index (κ2) is 6.66. The third-order valence-corrected chi connectivity index (χ3v) is 3.89. The van der Waals surface area contributed by atoms with Crippen molar-refractivity contribution in [2.24, 2.45) is 5.73 Å². The van der Waals surface area contributed by atoms with Gasteiger partial charge in [0.25, 0.3) is 0 Å². The number of nitrogens with two attached hydrogens (primary N) is 1. The molecule has 2 aromatic heterocycles. The van der Waals surface area contributed by atoms with Gasteiger partial charge in [0.05, 0.1) is 17.7 Å². The lowest BCUT2D eigenvalue weighted by Crippen LogP contribution is -2.16. The third kappa shape index (κ3) is 3.93. The Balaban J connectivity index is 1.90. The molecule has 0 aromatic carbocycles. The molecule has 94 valence electrons. The molecule has 18 heavy (non-hydrogen) atoms. The summed E-state index contributed by atoms with van der Waals surface area (Å²) in [5.41, 5.74) is 9.41. The number of rotatable bonds is 4. The highest BCUT2D eigenvalue weighted by atomic mass is 32.1. The molecule has 0 radical (unpaired) electrons. The average molecular weight is 277 g/mol. The first-order valence-corrected chi connectivity index (χ1v) is 7.42. The molecule has 0 unspecified atom stereocenters. The van der Waals surface area contributed by atoms with Crippen LogP contribution in [0.5, 0.6) is 0 Å². The van der Waals surface area contributed by atoms with Gasteiger partial charge in [0, 0.05) is 34.3 Å². The van der Waals surface area contributed by atoms with E-state index < -0.39 is 0 Å². The van der Waals surface area contributed by atoms with E-state index in [-0.39, 0.29) is 0 Å². The van der Waals surface area contributed by atoms with Gasteiger partial charge in [-0.05, 0) is 13.1 Å². The summed E-state index contributed by atoms with van der Waals surface area (Å²) in [5, 5.41) is 4.16. The molecule has 0 amide bonds. The average Bonchev–Trinajstić information content (AvgIpc) is 2.98. The van der Waals surface area contributed by atoms with Crippen molar-refractivity contribution >= 4 is 22.7 Å². The number of nitrogens with zero attached hydrogens (tertiary/aromatic N) is 2. The number of hydrogen-bond donors (Lipinski definition) is 1. The molecule has 5 heteroatoms. The van der Waals surface area contributed by atoms with E-state index in [0.29, 0.717) is 6.54 Å². The van der Waals surface area contributed by atoms with Gasteiger partial charge in [0.1, 0.15) is 0 Å². The van der Waals surface area contributed by atoms with Gasteiger partial charge in [-0.15, -0.1) is 22.7 Å². The summed E-state index contributed by atoms with van der Waals surface area (Å²) in [7, 11) is 2.10. The molecule has 0 spiro atoms. The normalized spacial score (nSPS) is 10.4. The fraction of sp³-hybridized carbons (Fsp3) is 0.308. The van der Waals surface area contributed by atoms with Crippen molar-refractivity contribution in [2.75, 3.05) is 13.6 Å². The Morgan fingerprint density at radius 3 is 3.00 bits per heavy atom. The van der Waals surface area contributed by atoms with Crippen molar-refractivity contribution in [2.45, 2.75) is 13.1 Å². The van der Waals surface area contributed by atoms with E-state index in [1.807, 2.05) is 5.51 Å². The molecule has 0 atom stereocenters. The van der Waals surface area contributed by atoms with Gasteiger partial charge in [-0.25, -0.2) is 4.98 Å². The molecular formula is C13H15N3S2. The van der Waals surface area contributed by atoms with Gasteiger partial charge in [-0.2, -0.15) is 0 Å². The monoisotopic (exact) mass is 277 g/mol. The Kier molecular flexibility index (Phi) is 4.90. The van der Waals surface area contributed by atoms with Gasteiger partial charge >= 0.3 is 0 Å². The van der Waals surface area contributed by atoms with Crippen LogP contribution in [0, 0.1) is 11.8 Å². The van der Waals surface area contributed by atoms with Crippen LogP contribution >= 0.6 is 22.7 Å². The Hall–Kier alpha value is -1.19. The molecule has 0 aliphatic carbocycles. The number of hydrogen-bond acceptors (Lipinski definition) is 5. The highest BCUT2D eigenvalue weighted by molar-refractivity contribution is 7.10. The van der Waals surface area contributed by atoms with E-state index in [9.17, 15) is 0 Å². The molecule has 0 aliphatic heterocycles. The van der Waals surface area contributed by atoms with Crippen LogP contribution in [0.4, 0.5) is 0 Å². The molecule has 2 heterocycles. The quantitative estimate of drug-likeness (QED) is 0.871. The van der Waals surface area contributed by atoms with Crippen LogP contribution < -0.4 is 5.73 Å². The summed E-state index contributed by atoms with van der Waals surface area (Å²) in [6.45, 7) is 2.21. The lowest BCUT2D eigenvalue weighted by atomic mass is 10.3. The standard InChI is InChI=1S/C13H15N3S2/c1-16(6-12-9-17-10-15-12)7-13-5-11(8-18-13)3-2-4-14/h5,8-10H,4,6-7,14H2,1H3. The number of thiophene rings is 1. The van der Waals surface area contributed by atoms with E-state index in [2.05, 4.69) is 45.6 Å². The highest BCUT2D eigenvalue weighted by Crippen LogP contribution is 2.16. The Morgan fingerprint density at radius 1 is 1.39 bits per heavy atom. The van der Waals surface area contributed by atoms with Crippen molar-refractivity contribution < 1.29 is 0 Å². The predicted octanol–water partition coefficient (Wildman–Crippen LogP) is 2.15. The summed E-state index contributed by atoms with van der Waals surface area (Å²) in [6.07, 6.45) is 0. The predicted molar refractivity (Wildman–Crippen MR) is 77.5 cm³/mol. The first-order chi connectivity index (χ1) is 8.78. The first kappa shape index (κ1) is 13.2. The second-order valence-electron chi connectivity index (χ2n) is 3.96. The van der Waals surface area contributed by atoms with Gasteiger partial charge in [-0.3, -0.25) is 4.90 Å². The van der Waals surface area contributed by atoms with Crippen LogP contribution in [-0.4, -0.2) is 23.5 Å². The maximum absolute atomic E-state index is 5.36. The maximum atomic E-state index is 5.36. The molecule has 2 N–H and O–H groups in total. The van der Waals surface area contributed by atoms with Gasteiger partial charge in [-0.1, -0.05) is 11.8 Å². The van der Waals surface area contributed by atoms with E-state index in [1.54, 1.807) is 22.7 Å². The van der Waals surface area contributed by atoms with Crippen LogP contribution in [0.1, 0.15) is 16.1 Å². The van der Waals surface area contributed by atoms with Crippen molar-refractivity contribution in [3.05, 3.63) is 38.5 Å². The van der Waals surface area contributed by atoms with Gasteiger partial charge in [0.15, 0.2) is 0 Å². The van der Waals surface area contributed by atoms with E-state index in [4.69, 9.17) is 5.73 Å². The smallest absolute Gasteiger partial charge is 0.0795 e. The Bertz CT molecular complexity index is 534. The summed E-state index contributed by atoms with van der Waals surface area (Å²) in [5.74, 6) is 5.92. The van der Waals surface area contributed by atoms with Crippen molar-refractivity contribution in [3.8, 4) is 11.8 Å². The summed E-state index contributed by atoms with van der Waals surface area (Å²) in [6, 6.07) is 2.13. The van der Waals surface area contributed by atoms with Crippen LogP contribution in [0.3, 0.4) is 0 Å². The minimum Gasteiger partial charge on any atom is -0.320 e. The Labute approximate surface area is 115 Å². The SMILES string of the molecule is CN(Cc1cscn1)Cc1cc(C#CCN)cs1. The van der Waals surface area contributed by atoms with E-state index >= 15 is 0 Å². The van der Waals surface area contributed by atoms with Crippen LogP contribution in [-0.2, 0) is 13.1 Å². The van der Waals surface area contributed by atoms with E-state index in [0.717, 1.165) is 24.3 Å². The van der Waals surface area contributed by atoms with Crippen LogP contribution in [0.25, 0.3) is 0 Å². The van der Waals surface area contributed by atoms with Crippen LogP contribution in [0.2, 0.25) is 0 Å². The topological polar surface area (TPSA) is 42.2 Å². The molecule has 0 saturated heterocycles. The molecule has 0 saturated carbocycles. The Morgan fingerprint density at radius 2 is 2.28 bits per heavy atom. The van der Waals surface area contributed by atoms with Gasteiger partial charge in [0.2, 0.25) is 0 Å². The first-order valence-electron chi connectivity index (χ1n) is 5.60. The second-order valence-corrected chi connectivity index (χ2v) is 5.67. The fourth-order valence-electron chi connectivity index (χ4n) is 1.60. The molecule has 2 rings (SSSR count). The summed E-state index contributed by atoms with van der Waals surface area (Å²) < 4.78 is 0. The summed E-state index contributed by atoms with van der Waals surface area (Å²) >= 11 is 3.37. The van der Waals surface area contributed by atoms with Crippen molar-refractivity contribution in [1.29, 1.82) is 0 Å². The zero-order valence-electron chi connectivity index (χ0n) is 10.2. The summed E-state index contributed by atoms with van der Waals surface area (Å²) in [4.78, 5) is 7.85. The lowest BCUT2D eigenvalue weighted by molar-refractivity contribution is 0.318. The largest absolute Gasteiger partial charge is 0.320 e. The molecule has 2 aromatic rings. The lowest BCUT2D eigenvalue weighted by Gasteiger charge is -2.13. The third-order valence-electron chi connectivity index (χ3n) is 2.33. The fourth-order valence-corrected chi connectivity index (χ4v) is 3.04.